The fraction of sp³-hybridized carbons (Fsp3) is 0.500. The molecule has 1 N–H and O–H groups in total. The van der Waals surface area contributed by atoms with Crippen molar-refractivity contribution in [1.29, 1.82) is 0 Å². The SMILES string of the molecule is O=C(O)CCC(=O)OCl.[NaH]. The Hall–Kier alpha value is 0.230. The molecule has 0 radical (unpaired) electrons. The third-order valence-electron chi connectivity index (χ3n) is 0.629. The quantitative estimate of drug-likeness (QED) is 0.610. The number of rotatable bonds is 3. The van der Waals surface area contributed by atoms with Crippen molar-refractivity contribution in [3.63, 3.8) is 0 Å². The number of hydrogen-bond donors (Lipinski definition) is 1. The van der Waals surface area contributed by atoms with E-state index in [1.165, 1.54) is 0 Å². The van der Waals surface area contributed by atoms with E-state index in [2.05, 4.69) is 16.2 Å². The molecule has 0 atom stereocenters. The maximum absolute atomic E-state index is 10.1. The molecule has 0 aliphatic heterocycles. The normalized spacial score (nSPS) is 7.70. The molecule has 0 saturated heterocycles. The summed E-state index contributed by atoms with van der Waals surface area (Å²) < 4.78 is 3.67. The Balaban J connectivity index is 0. The molecule has 10 heavy (non-hydrogen) atoms. The van der Waals surface area contributed by atoms with Gasteiger partial charge in [-0.25, -0.2) is 0 Å². The predicted molar refractivity (Wildman–Crippen MR) is 36.0 cm³/mol. The molecule has 54 valence electrons. The zero-order valence-corrected chi connectivity index (χ0v) is 5.22. The number of halogens is 1. The van der Waals surface area contributed by atoms with Gasteiger partial charge in [0, 0.05) is 0 Å². The molecule has 0 rings (SSSR count). The van der Waals surface area contributed by atoms with E-state index in [9.17, 15) is 9.59 Å². The van der Waals surface area contributed by atoms with Gasteiger partial charge >= 0.3 is 41.5 Å². The molecule has 0 fully saturated rings. The van der Waals surface area contributed by atoms with Gasteiger partial charge in [-0.05, 0) is 0 Å². The van der Waals surface area contributed by atoms with Crippen molar-refractivity contribution in [1.82, 2.24) is 0 Å². The minimum atomic E-state index is -1.04. The van der Waals surface area contributed by atoms with Gasteiger partial charge in [-0.2, -0.15) is 0 Å². The third kappa shape index (κ3) is 8.23. The van der Waals surface area contributed by atoms with Gasteiger partial charge in [0.25, 0.3) is 0 Å². The van der Waals surface area contributed by atoms with Crippen LogP contribution in [0.1, 0.15) is 12.8 Å². The van der Waals surface area contributed by atoms with Gasteiger partial charge in [0.2, 0.25) is 0 Å². The Morgan fingerprint density at radius 3 is 2.20 bits per heavy atom. The number of hydrogen-bond acceptors (Lipinski definition) is 3. The molecule has 0 aromatic carbocycles. The molecule has 6 heteroatoms. The molecule has 0 spiro atoms. The fourth-order valence-corrected chi connectivity index (χ4v) is 0.325. The van der Waals surface area contributed by atoms with Crippen LogP contribution < -0.4 is 0 Å². The van der Waals surface area contributed by atoms with Crippen molar-refractivity contribution >= 4 is 53.4 Å². The van der Waals surface area contributed by atoms with E-state index in [0.29, 0.717) is 0 Å². The summed E-state index contributed by atoms with van der Waals surface area (Å²) in [7, 11) is 0. The van der Waals surface area contributed by atoms with Gasteiger partial charge in [0.15, 0.2) is 0 Å². The zero-order valence-electron chi connectivity index (χ0n) is 4.46. The monoisotopic (exact) mass is 176 g/mol. The molecule has 0 amide bonds. The second kappa shape index (κ2) is 7.34. The maximum atomic E-state index is 10.1. The number of carbonyl (C=O) groups excluding carboxylic acids is 1. The summed E-state index contributed by atoms with van der Waals surface area (Å²) in [6.45, 7) is 0. The van der Waals surface area contributed by atoms with Gasteiger partial charge < -0.3 is 9.40 Å². The summed E-state index contributed by atoms with van der Waals surface area (Å²) in [5.74, 6) is -1.77. The first kappa shape index (κ1) is 12.9. The second-order valence-corrected chi connectivity index (χ2v) is 1.50. The van der Waals surface area contributed by atoms with Crippen molar-refractivity contribution in [3.05, 3.63) is 0 Å². The van der Waals surface area contributed by atoms with Crippen LogP contribution in [0, 0.1) is 0 Å². The van der Waals surface area contributed by atoms with E-state index in [0.717, 1.165) is 0 Å². The third-order valence-corrected chi connectivity index (χ3v) is 0.801. The number of carbonyl (C=O) groups is 2. The predicted octanol–water partition coefficient (Wildman–Crippen LogP) is -0.100. The van der Waals surface area contributed by atoms with Gasteiger partial charge in [-0.1, -0.05) is 0 Å². The van der Waals surface area contributed by atoms with Crippen molar-refractivity contribution in [3.8, 4) is 0 Å². The molecule has 4 nitrogen and oxygen atoms in total. The Labute approximate surface area is 85.0 Å². The van der Waals surface area contributed by atoms with Crippen LogP contribution in [0.15, 0.2) is 0 Å². The molecule has 0 aromatic heterocycles. The molecule has 0 bridgehead atoms. The summed E-state index contributed by atoms with van der Waals surface area (Å²) in [5, 5.41) is 8.01. The number of aliphatic carboxylic acids is 1. The van der Waals surface area contributed by atoms with Crippen molar-refractivity contribution in [2.45, 2.75) is 12.8 Å². The average molecular weight is 177 g/mol. The minimum absolute atomic E-state index is 0. The standard InChI is InChI=1S/C4H5ClO4.Na.H/c5-9-4(8)2-1-3(6)7;;/h1-2H2,(H,6,7);;. The molecule has 0 aromatic rings. The molecule has 0 aliphatic carbocycles. The van der Waals surface area contributed by atoms with Crippen LogP contribution in [0.4, 0.5) is 0 Å². The summed E-state index contributed by atoms with van der Waals surface area (Å²) in [6.07, 6.45) is -0.426. The fourth-order valence-electron chi connectivity index (χ4n) is 0.248. The van der Waals surface area contributed by atoms with E-state index < -0.39 is 11.9 Å². The zero-order chi connectivity index (χ0) is 7.28. The number of carboxylic acids is 1. The van der Waals surface area contributed by atoms with Gasteiger partial charge in [0.1, 0.15) is 11.9 Å². The van der Waals surface area contributed by atoms with Crippen LogP contribution in [0.25, 0.3) is 0 Å². The van der Waals surface area contributed by atoms with E-state index in [-0.39, 0.29) is 42.4 Å². The average Bonchev–Trinajstić information content (AvgIpc) is 1.83. The van der Waals surface area contributed by atoms with E-state index in [1.54, 1.807) is 0 Å². The van der Waals surface area contributed by atoms with Gasteiger partial charge in [0.05, 0.1) is 12.8 Å². The van der Waals surface area contributed by atoms with Crippen LogP contribution in [-0.2, 0) is 13.9 Å². The molecular weight excluding hydrogens is 170 g/mol. The van der Waals surface area contributed by atoms with Crippen molar-refractivity contribution < 1.29 is 19.0 Å². The number of carboxylic acid groups (broad SMARTS) is 1. The Kier molecular flexibility index (Phi) is 9.44. The van der Waals surface area contributed by atoms with Crippen molar-refractivity contribution in [2.75, 3.05) is 0 Å². The molecular formula is C4H6ClNaO4. The summed E-state index contributed by atoms with van der Waals surface area (Å²) in [6, 6.07) is 0. The molecule has 0 aliphatic rings. The van der Waals surface area contributed by atoms with E-state index in [1.807, 2.05) is 0 Å². The summed E-state index contributed by atoms with van der Waals surface area (Å²) >= 11 is 4.59. The molecule has 0 heterocycles. The summed E-state index contributed by atoms with van der Waals surface area (Å²) in [5.41, 5.74) is 0. The van der Waals surface area contributed by atoms with Crippen LogP contribution in [0.2, 0.25) is 0 Å². The molecule has 0 unspecified atom stereocenters. The second-order valence-electron chi connectivity index (χ2n) is 1.34. The van der Waals surface area contributed by atoms with Gasteiger partial charge in [-0.15, -0.1) is 0 Å². The topological polar surface area (TPSA) is 63.6 Å². The van der Waals surface area contributed by atoms with Crippen molar-refractivity contribution in [2.24, 2.45) is 0 Å². The van der Waals surface area contributed by atoms with E-state index in [4.69, 9.17) is 5.11 Å². The first-order valence-electron chi connectivity index (χ1n) is 2.20. The summed E-state index contributed by atoms with van der Waals surface area (Å²) in [4.78, 5) is 19.9. The molecule has 0 saturated carbocycles. The van der Waals surface area contributed by atoms with Gasteiger partial charge in [-0.3, -0.25) is 9.59 Å². The van der Waals surface area contributed by atoms with Crippen LogP contribution in [-0.4, -0.2) is 46.6 Å². The van der Waals surface area contributed by atoms with E-state index >= 15 is 0 Å². The first-order valence-corrected chi connectivity index (χ1v) is 2.51. The Morgan fingerprint density at radius 1 is 1.40 bits per heavy atom. The van der Waals surface area contributed by atoms with Crippen LogP contribution in [0.5, 0.6) is 0 Å². The first-order chi connectivity index (χ1) is 4.16. The van der Waals surface area contributed by atoms with Crippen LogP contribution in [0.3, 0.4) is 0 Å². The van der Waals surface area contributed by atoms with Crippen LogP contribution >= 0.6 is 11.9 Å². The Bertz CT molecular complexity index is 126. The Morgan fingerprint density at radius 2 is 1.90 bits per heavy atom.